The minimum absolute atomic E-state index is 0.0844. The third-order valence-corrected chi connectivity index (χ3v) is 3.80. The van der Waals surface area contributed by atoms with Crippen LogP contribution >= 0.6 is 0 Å². The molecular formula is C11H7FN4O4S. The normalized spacial score (nSPS) is 10.9. The minimum Gasteiger partial charge on any atom is -0.478 e. The van der Waals surface area contributed by atoms with Crippen molar-refractivity contribution in [1.82, 2.24) is 10.2 Å². The van der Waals surface area contributed by atoms with Gasteiger partial charge in [-0.3, -0.25) is 9.82 Å². The Morgan fingerprint density at radius 1 is 1.48 bits per heavy atom. The number of halogens is 1. The maximum Gasteiger partial charge on any atom is 0.340 e. The Balaban J connectivity index is 2.41. The molecule has 0 saturated carbocycles. The van der Waals surface area contributed by atoms with E-state index in [1.165, 1.54) is 0 Å². The van der Waals surface area contributed by atoms with Gasteiger partial charge in [0, 0.05) is 0 Å². The second-order valence-corrected chi connectivity index (χ2v) is 5.45. The number of aromatic carboxylic acids is 1. The van der Waals surface area contributed by atoms with Gasteiger partial charge >= 0.3 is 5.97 Å². The Bertz CT molecular complexity index is 853. The van der Waals surface area contributed by atoms with Gasteiger partial charge in [-0.1, -0.05) is 0 Å². The van der Waals surface area contributed by atoms with E-state index >= 15 is 0 Å². The number of hydrogen-bond acceptors (Lipinski definition) is 5. The molecule has 0 atom stereocenters. The third-order valence-electron chi connectivity index (χ3n) is 2.44. The SMILES string of the molecule is N#Cc1cc(NS(=O)(=O)c2[nH]ncc2C(=O)O)ccc1F. The number of aromatic amines is 1. The van der Waals surface area contributed by atoms with Crippen molar-refractivity contribution in [2.75, 3.05) is 4.72 Å². The van der Waals surface area contributed by atoms with Crippen molar-refractivity contribution in [1.29, 1.82) is 5.26 Å². The van der Waals surface area contributed by atoms with Crippen LogP contribution in [0.4, 0.5) is 10.1 Å². The Morgan fingerprint density at radius 3 is 2.81 bits per heavy atom. The average Bonchev–Trinajstić information content (AvgIpc) is 2.91. The highest BCUT2D eigenvalue weighted by Crippen LogP contribution is 2.19. The maximum atomic E-state index is 13.2. The molecule has 2 aromatic rings. The molecule has 0 aliphatic carbocycles. The number of H-pyrrole nitrogens is 1. The summed E-state index contributed by atoms with van der Waals surface area (Å²) in [6, 6.07) is 4.57. The summed E-state index contributed by atoms with van der Waals surface area (Å²) in [5.41, 5.74) is -0.970. The lowest BCUT2D eigenvalue weighted by atomic mass is 10.2. The molecule has 0 saturated heterocycles. The van der Waals surface area contributed by atoms with E-state index in [9.17, 15) is 17.6 Å². The zero-order valence-corrected chi connectivity index (χ0v) is 11.0. The van der Waals surface area contributed by atoms with Gasteiger partial charge in [0.25, 0.3) is 10.0 Å². The van der Waals surface area contributed by atoms with Crippen LogP contribution in [0.25, 0.3) is 0 Å². The lowest BCUT2D eigenvalue weighted by Gasteiger charge is -2.07. The van der Waals surface area contributed by atoms with Crippen LogP contribution in [0.5, 0.6) is 0 Å². The molecule has 2 rings (SSSR count). The van der Waals surface area contributed by atoms with Crippen molar-refractivity contribution in [3.63, 3.8) is 0 Å². The van der Waals surface area contributed by atoms with Crippen molar-refractivity contribution >= 4 is 21.7 Å². The Labute approximate surface area is 117 Å². The number of hydrogen-bond donors (Lipinski definition) is 3. The van der Waals surface area contributed by atoms with Crippen molar-refractivity contribution in [3.05, 3.63) is 41.3 Å². The van der Waals surface area contributed by atoms with Crippen LogP contribution in [-0.4, -0.2) is 29.7 Å². The van der Waals surface area contributed by atoms with E-state index < -0.39 is 32.4 Å². The number of carboxylic acid groups (broad SMARTS) is 1. The topological polar surface area (TPSA) is 136 Å². The summed E-state index contributed by atoms with van der Waals surface area (Å²) in [5, 5.41) is 22.3. The summed E-state index contributed by atoms with van der Waals surface area (Å²) in [6.45, 7) is 0. The number of rotatable bonds is 4. The lowest BCUT2D eigenvalue weighted by Crippen LogP contribution is -2.16. The molecule has 3 N–H and O–H groups in total. The van der Waals surface area contributed by atoms with E-state index in [-0.39, 0.29) is 11.3 Å². The van der Waals surface area contributed by atoms with Crippen LogP contribution in [-0.2, 0) is 10.0 Å². The lowest BCUT2D eigenvalue weighted by molar-refractivity contribution is 0.0692. The first-order valence-electron chi connectivity index (χ1n) is 5.34. The van der Waals surface area contributed by atoms with Crippen molar-refractivity contribution in [2.45, 2.75) is 5.03 Å². The highest BCUT2D eigenvalue weighted by molar-refractivity contribution is 7.92. The quantitative estimate of drug-likeness (QED) is 0.768. The number of sulfonamides is 1. The Morgan fingerprint density at radius 2 is 2.19 bits per heavy atom. The van der Waals surface area contributed by atoms with E-state index in [2.05, 4.69) is 10.2 Å². The molecule has 0 aliphatic heterocycles. The number of benzene rings is 1. The summed E-state index contributed by atoms with van der Waals surface area (Å²) >= 11 is 0. The van der Waals surface area contributed by atoms with E-state index in [0.717, 1.165) is 24.4 Å². The fourth-order valence-corrected chi connectivity index (χ4v) is 2.65. The fourth-order valence-electron chi connectivity index (χ4n) is 1.51. The first kappa shape index (κ1) is 14.5. The minimum atomic E-state index is -4.26. The van der Waals surface area contributed by atoms with Crippen molar-refractivity contribution < 1.29 is 22.7 Å². The van der Waals surface area contributed by atoms with Gasteiger partial charge in [0.2, 0.25) is 0 Å². The number of nitrogens with zero attached hydrogens (tertiary/aromatic N) is 2. The average molecular weight is 310 g/mol. The first-order chi connectivity index (χ1) is 9.85. The Hall–Kier alpha value is -2.93. The van der Waals surface area contributed by atoms with Gasteiger partial charge in [-0.15, -0.1) is 0 Å². The second kappa shape index (κ2) is 5.22. The number of nitrogens with one attached hydrogen (secondary N) is 2. The molecule has 0 fully saturated rings. The van der Waals surface area contributed by atoms with Gasteiger partial charge in [0.1, 0.15) is 17.4 Å². The number of aromatic nitrogens is 2. The van der Waals surface area contributed by atoms with Crippen LogP contribution in [0.15, 0.2) is 29.4 Å². The molecule has 0 spiro atoms. The van der Waals surface area contributed by atoms with E-state index in [0.29, 0.717) is 0 Å². The molecule has 0 amide bonds. The molecule has 0 aliphatic rings. The molecule has 21 heavy (non-hydrogen) atoms. The fraction of sp³-hybridized carbons (Fsp3) is 0. The Kier molecular flexibility index (Phi) is 3.60. The molecular weight excluding hydrogens is 303 g/mol. The zero-order chi connectivity index (χ0) is 15.6. The number of nitriles is 1. The van der Waals surface area contributed by atoms with Crippen LogP contribution in [0, 0.1) is 17.1 Å². The smallest absolute Gasteiger partial charge is 0.340 e. The molecule has 8 nitrogen and oxygen atoms in total. The predicted octanol–water partition coefficient (Wildman–Crippen LogP) is 0.919. The van der Waals surface area contributed by atoms with Crippen LogP contribution in [0.3, 0.4) is 0 Å². The molecule has 1 heterocycles. The largest absolute Gasteiger partial charge is 0.478 e. The molecule has 0 radical (unpaired) electrons. The van der Waals surface area contributed by atoms with E-state index in [1.807, 2.05) is 4.72 Å². The molecule has 0 unspecified atom stereocenters. The summed E-state index contributed by atoms with van der Waals surface area (Å²) in [7, 11) is -4.26. The van der Waals surface area contributed by atoms with Crippen LogP contribution < -0.4 is 4.72 Å². The van der Waals surface area contributed by atoms with Crippen LogP contribution in [0.1, 0.15) is 15.9 Å². The molecule has 0 bridgehead atoms. The standard InChI is InChI=1S/C11H7FN4O4S/c12-9-2-1-7(3-6(9)4-13)16-21(19,20)10-8(11(17)18)5-14-15-10/h1-3,5,16H,(H,14,15)(H,17,18). The monoisotopic (exact) mass is 310 g/mol. The zero-order valence-electron chi connectivity index (χ0n) is 10.2. The highest BCUT2D eigenvalue weighted by atomic mass is 32.2. The van der Waals surface area contributed by atoms with Crippen molar-refractivity contribution in [3.8, 4) is 6.07 Å². The molecule has 10 heteroatoms. The van der Waals surface area contributed by atoms with E-state index in [4.69, 9.17) is 10.4 Å². The number of carboxylic acids is 1. The first-order valence-corrected chi connectivity index (χ1v) is 6.82. The van der Waals surface area contributed by atoms with Gasteiger partial charge in [-0.25, -0.2) is 9.18 Å². The van der Waals surface area contributed by atoms with Crippen molar-refractivity contribution in [2.24, 2.45) is 0 Å². The second-order valence-electron chi connectivity index (χ2n) is 3.83. The van der Waals surface area contributed by atoms with Gasteiger partial charge in [-0.2, -0.15) is 18.8 Å². The molecule has 1 aromatic heterocycles. The highest BCUT2D eigenvalue weighted by Gasteiger charge is 2.25. The van der Waals surface area contributed by atoms with Crippen LogP contribution in [0.2, 0.25) is 0 Å². The number of anilines is 1. The molecule has 108 valence electrons. The predicted molar refractivity (Wildman–Crippen MR) is 67.5 cm³/mol. The molecule has 1 aromatic carbocycles. The summed E-state index contributed by atoms with van der Waals surface area (Å²) < 4.78 is 39.3. The van der Waals surface area contributed by atoms with Gasteiger partial charge in [0.05, 0.1) is 17.4 Å². The number of carbonyl (C=O) groups is 1. The summed E-state index contributed by atoms with van der Waals surface area (Å²) in [4.78, 5) is 10.9. The van der Waals surface area contributed by atoms with Gasteiger partial charge < -0.3 is 5.11 Å². The van der Waals surface area contributed by atoms with Gasteiger partial charge in [-0.05, 0) is 18.2 Å². The summed E-state index contributed by atoms with van der Waals surface area (Å²) in [6.07, 6.45) is 0.849. The maximum absolute atomic E-state index is 13.2. The van der Waals surface area contributed by atoms with Gasteiger partial charge in [0.15, 0.2) is 5.03 Å². The van der Waals surface area contributed by atoms with E-state index in [1.54, 1.807) is 6.07 Å². The summed E-state index contributed by atoms with van der Waals surface area (Å²) in [5.74, 6) is -2.27. The third kappa shape index (κ3) is 2.82.